The van der Waals surface area contributed by atoms with Crippen molar-refractivity contribution >= 4 is 0 Å². The molecular weight excluding hydrogens is 214 g/mol. The zero-order chi connectivity index (χ0) is 11.9. The molecule has 1 saturated carbocycles. The van der Waals surface area contributed by atoms with Gasteiger partial charge in [-0.15, -0.1) is 0 Å². The number of hydrogen-bond acceptors (Lipinski definition) is 3. The Bertz CT molecular complexity index is 204. The molecule has 1 aliphatic heterocycles. The van der Waals surface area contributed by atoms with Crippen LogP contribution in [0, 0.1) is 0 Å². The van der Waals surface area contributed by atoms with Crippen molar-refractivity contribution in [3.63, 3.8) is 0 Å². The second-order valence-corrected chi connectivity index (χ2v) is 5.41. The van der Waals surface area contributed by atoms with Crippen LogP contribution in [0.25, 0.3) is 0 Å². The Morgan fingerprint density at radius 2 is 2.00 bits per heavy atom. The first kappa shape index (κ1) is 13.3. The number of rotatable bonds is 6. The molecule has 0 aromatic rings. The highest BCUT2D eigenvalue weighted by molar-refractivity contribution is 4.78. The first-order valence-corrected chi connectivity index (χ1v) is 7.33. The van der Waals surface area contributed by atoms with Crippen molar-refractivity contribution in [2.75, 3.05) is 19.8 Å². The van der Waals surface area contributed by atoms with Gasteiger partial charge >= 0.3 is 0 Å². The third-order valence-electron chi connectivity index (χ3n) is 4.01. The van der Waals surface area contributed by atoms with Crippen LogP contribution in [0.15, 0.2) is 0 Å². The van der Waals surface area contributed by atoms with Gasteiger partial charge in [0.2, 0.25) is 0 Å². The third-order valence-corrected chi connectivity index (χ3v) is 4.01. The van der Waals surface area contributed by atoms with Gasteiger partial charge in [-0.1, -0.05) is 19.3 Å². The highest BCUT2D eigenvalue weighted by Gasteiger charge is 2.22. The van der Waals surface area contributed by atoms with Gasteiger partial charge in [-0.2, -0.15) is 0 Å². The lowest BCUT2D eigenvalue weighted by Crippen LogP contribution is -2.35. The molecule has 1 N–H and O–H groups in total. The van der Waals surface area contributed by atoms with E-state index in [4.69, 9.17) is 9.47 Å². The maximum absolute atomic E-state index is 5.90. The molecular formula is C14H27NO2. The zero-order valence-corrected chi connectivity index (χ0v) is 11.1. The van der Waals surface area contributed by atoms with Crippen LogP contribution < -0.4 is 5.32 Å². The van der Waals surface area contributed by atoms with Crippen LogP contribution in [0.4, 0.5) is 0 Å². The van der Waals surface area contributed by atoms with Gasteiger partial charge in [0, 0.05) is 19.3 Å². The first-order chi connectivity index (χ1) is 8.36. The molecule has 1 heterocycles. The molecule has 2 fully saturated rings. The van der Waals surface area contributed by atoms with Crippen molar-refractivity contribution < 1.29 is 9.47 Å². The summed E-state index contributed by atoms with van der Waals surface area (Å²) in [5.41, 5.74) is 0. The molecule has 0 spiro atoms. The molecule has 2 rings (SSSR count). The Hall–Kier alpha value is -0.120. The van der Waals surface area contributed by atoms with E-state index in [1.54, 1.807) is 0 Å². The Balaban J connectivity index is 1.45. The summed E-state index contributed by atoms with van der Waals surface area (Å²) in [5, 5.41) is 3.56. The fraction of sp³-hybridized carbons (Fsp3) is 1.00. The molecule has 2 atom stereocenters. The minimum absolute atomic E-state index is 0.384. The number of hydrogen-bond donors (Lipinski definition) is 1. The fourth-order valence-corrected chi connectivity index (χ4v) is 2.84. The SMILES string of the molecule is C[C@H]1OCC[C@H]1NCCCOC1CCCCC1. The van der Waals surface area contributed by atoms with Gasteiger partial charge in [-0.3, -0.25) is 0 Å². The average molecular weight is 241 g/mol. The lowest BCUT2D eigenvalue weighted by Gasteiger charge is -2.22. The van der Waals surface area contributed by atoms with Crippen molar-refractivity contribution in [2.24, 2.45) is 0 Å². The molecule has 0 unspecified atom stereocenters. The molecule has 0 amide bonds. The van der Waals surface area contributed by atoms with E-state index < -0.39 is 0 Å². The molecule has 2 aliphatic rings. The van der Waals surface area contributed by atoms with Crippen LogP contribution in [-0.2, 0) is 9.47 Å². The van der Waals surface area contributed by atoms with Crippen molar-refractivity contribution in [3.05, 3.63) is 0 Å². The molecule has 0 aromatic heterocycles. The first-order valence-electron chi connectivity index (χ1n) is 7.33. The Morgan fingerprint density at radius 3 is 2.71 bits per heavy atom. The van der Waals surface area contributed by atoms with E-state index in [1.165, 1.54) is 32.1 Å². The Morgan fingerprint density at radius 1 is 1.18 bits per heavy atom. The summed E-state index contributed by atoms with van der Waals surface area (Å²) in [5.74, 6) is 0. The van der Waals surface area contributed by atoms with E-state index >= 15 is 0 Å². The van der Waals surface area contributed by atoms with Gasteiger partial charge in [0.05, 0.1) is 12.2 Å². The molecule has 0 bridgehead atoms. The number of nitrogens with one attached hydrogen (secondary N) is 1. The summed E-state index contributed by atoms with van der Waals surface area (Å²) >= 11 is 0. The summed E-state index contributed by atoms with van der Waals surface area (Å²) < 4.78 is 11.4. The van der Waals surface area contributed by atoms with Gasteiger partial charge in [0.15, 0.2) is 0 Å². The normalized spacial score (nSPS) is 30.9. The topological polar surface area (TPSA) is 30.5 Å². The predicted molar refractivity (Wildman–Crippen MR) is 69.3 cm³/mol. The molecule has 3 heteroatoms. The fourth-order valence-electron chi connectivity index (χ4n) is 2.84. The molecule has 17 heavy (non-hydrogen) atoms. The quantitative estimate of drug-likeness (QED) is 0.725. The maximum atomic E-state index is 5.90. The van der Waals surface area contributed by atoms with Crippen LogP contribution in [0.2, 0.25) is 0 Å². The lowest BCUT2D eigenvalue weighted by atomic mass is 9.98. The van der Waals surface area contributed by atoms with E-state index in [0.717, 1.165) is 32.6 Å². The van der Waals surface area contributed by atoms with Gasteiger partial charge in [0.1, 0.15) is 0 Å². The predicted octanol–water partition coefficient (Wildman–Crippen LogP) is 2.49. The minimum Gasteiger partial charge on any atom is -0.378 e. The second kappa shape index (κ2) is 7.34. The average Bonchev–Trinajstić information content (AvgIpc) is 2.76. The third kappa shape index (κ3) is 4.57. The standard InChI is InChI=1S/C14H27NO2/c1-12-14(8-11-16-12)15-9-5-10-17-13-6-3-2-4-7-13/h12-15H,2-11H2,1H3/t12-,14-/m1/s1. The van der Waals surface area contributed by atoms with Gasteiger partial charge in [0.25, 0.3) is 0 Å². The van der Waals surface area contributed by atoms with Gasteiger partial charge in [-0.05, 0) is 39.2 Å². The maximum Gasteiger partial charge on any atom is 0.0700 e. The highest BCUT2D eigenvalue weighted by Crippen LogP contribution is 2.20. The number of ether oxygens (including phenoxy) is 2. The van der Waals surface area contributed by atoms with E-state index in [-0.39, 0.29) is 0 Å². The summed E-state index contributed by atoms with van der Waals surface area (Å²) in [6.07, 6.45) is 9.90. The summed E-state index contributed by atoms with van der Waals surface area (Å²) in [4.78, 5) is 0. The van der Waals surface area contributed by atoms with Crippen molar-refractivity contribution in [2.45, 2.75) is 70.1 Å². The molecule has 100 valence electrons. The van der Waals surface area contributed by atoms with Crippen LogP contribution in [-0.4, -0.2) is 38.0 Å². The smallest absolute Gasteiger partial charge is 0.0700 e. The van der Waals surface area contributed by atoms with Crippen molar-refractivity contribution in [3.8, 4) is 0 Å². The monoisotopic (exact) mass is 241 g/mol. The van der Waals surface area contributed by atoms with E-state index in [9.17, 15) is 0 Å². The summed E-state index contributed by atoms with van der Waals surface area (Å²) in [7, 11) is 0. The highest BCUT2D eigenvalue weighted by atomic mass is 16.5. The molecule has 0 aromatic carbocycles. The van der Waals surface area contributed by atoms with E-state index in [1.807, 2.05) is 0 Å². The summed E-state index contributed by atoms with van der Waals surface area (Å²) in [6.45, 7) is 5.05. The van der Waals surface area contributed by atoms with E-state index in [2.05, 4.69) is 12.2 Å². The zero-order valence-electron chi connectivity index (χ0n) is 11.1. The summed E-state index contributed by atoms with van der Waals surface area (Å²) in [6, 6.07) is 0.560. The molecule has 1 aliphatic carbocycles. The minimum atomic E-state index is 0.384. The van der Waals surface area contributed by atoms with Crippen LogP contribution >= 0.6 is 0 Å². The van der Waals surface area contributed by atoms with Crippen molar-refractivity contribution in [1.82, 2.24) is 5.32 Å². The Kier molecular flexibility index (Phi) is 5.75. The van der Waals surface area contributed by atoms with Crippen LogP contribution in [0.3, 0.4) is 0 Å². The van der Waals surface area contributed by atoms with E-state index in [0.29, 0.717) is 18.2 Å². The largest absolute Gasteiger partial charge is 0.378 e. The van der Waals surface area contributed by atoms with Gasteiger partial charge < -0.3 is 14.8 Å². The lowest BCUT2D eigenvalue weighted by molar-refractivity contribution is 0.0267. The molecule has 3 nitrogen and oxygen atoms in total. The Labute approximate surface area is 105 Å². The van der Waals surface area contributed by atoms with Crippen molar-refractivity contribution in [1.29, 1.82) is 0 Å². The van der Waals surface area contributed by atoms with Crippen LogP contribution in [0.5, 0.6) is 0 Å². The molecule has 1 saturated heterocycles. The molecule has 0 radical (unpaired) electrons. The second-order valence-electron chi connectivity index (χ2n) is 5.41. The van der Waals surface area contributed by atoms with Crippen LogP contribution in [0.1, 0.15) is 51.9 Å². The van der Waals surface area contributed by atoms with Gasteiger partial charge in [-0.25, -0.2) is 0 Å².